The first-order chi connectivity index (χ1) is 24.7. The maximum Gasteiger partial charge on any atom is 1.00 e. The molecule has 1 N–H and O–H groups in total. The van der Waals surface area contributed by atoms with Crippen molar-refractivity contribution in [2.75, 3.05) is 29.5 Å². The second kappa shape index (κ2) is 24.0. The zero-order valence-corrected chi connectivity index (χ0v) is 45.3. The molecule has 290 valence electrons. The fraction of sp³-hybridized carbons (Fsp3) is 0.400. The van der Waals surface area contributed by atoms with Crippen molar-refractivity contribution in [1.29, 1.82) is 0 Å². The van der Waals surface area contributed by atoms with Crippen LogP contribution in [0.4, 0.5) is 11.4 Å². The van der Waals surface area contributed by atoms with E-state index >= 15 is 0 Å². The molecule has 56 heavy (non-hydrogen) atoms. The quantitative estimate of drug-likeness (QED) is 0.0218. The van der Waals surface area contributed by atoms with Gasteiger partial charge in [0.05, 0.1) is 38.2 Å². The molecule has 0 radical (unpaired) electrons. The number of benzene rings is 2. The van der Waals surface area contributed by atoms with Gasteiger partial charge < -0.3 is 19.3 Å². The molecule has 0 unspecified atom stereocenters. The number of anilines is 1. The molecular formula is C35H42K3N2O12S4+. The molecular weight excluding hydrogens is 886 g/mol. The predicted octanol–water partition coefficient (Wildman–Crippen LogP) is -4.45. The van der Waals surface area contributed by atoms with Gasteiger partial charge in [0.15, 0.2) is 5.71 Å². The van der Waals surface area contributed by atoms with Gasteiger partial charge in [-0.1, -0.05) is 44.2 Å². The molecule has 0 spiro atoms. The Kier molecular flexibility index (Phi) is 23.9. The fourth-order valence-electron chi connectivity index (χ4n) is 6.64. The van der Waals surface area contributed by atoms with Gasteiger partial charge in [-0.15, -0.1) is 0 Å². The summed E-state index contributed by atoms with van der Waals surface area (Å²) in [5, 5.41) is 13.9. The van der Waals surface area contributed by atoms with E-state index in [0.717, 1.165) is 34.7 Å². The second-order valence-electron chi connectivity index (χ2n) is 13.6. The fourth-order valence-corrected chi connectivity index (χ4v) is 8.66. The maximum atomic E-state index is 11.8. The number of hydrogen-bond acceptors (Lipinski definition) is 13. The van der Waals surface area contributed by atoms with Gasteiger partial charge in [-0.25, -0.2) is 16.8 Å². The van der Waals surface area contributed by atoms with Crippen molar-refractivity contribution in [3.63, 3.8) is 0 Å². The summed E-state index contributed by atoms with van der Waals surface area (Å²) >= 11 is 0.784. The van der Waals surface area contributed by atoms with Gasteiger partial charge in [0.1, 0.15) is 16.7 Å². The Bertz CT molecular complexity index is 2190. The molecule has 14 nitrogen and oxygen atoms in total. The summed E-state index contributed by atoms with van der Waals surface area (Å²) < 4.78 is 107. The predicted molar refractivity (Wildman–Crippen MR) is 197 cm³/mol. The minimum absolute atomic E-state index is 0. The Hall–Kier alpha value is 1.74. The van der Waals surface area contributed by atoms with Gasteiger partial charge in [0.2, 0.25) is 5.69 Å². The first-order valence-corrected chi connectivity index (χ1v) is 21.9. The number of hydrogen-bond donors (Lipinski definition) is 1. The minimum Gasteiger partial charge on any atom is -0.748 e. The van der Waals surface area contributed by atoms with Crippen molar-refractivity contribution in [2.24, 2.45) is 0 Å². The Morgan fingerprint density at radius 1 is 0.804 bits per heavy atom. The molecule has 2 aliphatic rings. The Morgan fingerprint density at radius 3 is 2.07 bits per heavy atom. The standard InChI is InChI=1S/C35H44N2O12S4.3K/c1-34(2)28-24-26(50-49-48-38)16-18-30(28)36(20-10-12-22-51(39,40)41)32(34)14-8-6-5-7-9-15-33-35(3,4)29-25-27(53(45,46)47)17-19-31(29)37(33)21-11-13-23-52(42,43)44;;;/h5-9,14-19,24-25H,10-13,20-23H2,1-4H3,(H3-,38,39,40,41,42,43,44,45,46,47);;;/q;3*+1/p-2. The number of fused-ring (bicyclic) bond motifs is 2. The van der Waals surface area contributed by atoms with Gasteiger partial charge in [-0.05, 0) is 75.1 Å². The van der Waals surface area contributed by atoms with Crippen LogP contribution in [-0.2, 0) is 50.6 Å². The summed E-state index contributed by atoms with van der Waals surface area (Å²) in [4.78, 5) is 2.24. The van der Waals surface area contributed by atoms with Crippen LogP contribution in [0.3, 0.4) is 0 Å². The Labute approximate surface area is 462 Å². The van der Waals surface area contributed by atoms with E-state index in [0.29, 0.717) is 42.1 Å². The maximum absolute atomic E-state index is 11.8. The summed E-state index contributed by atoms with van der Waals surface area (Å²) in [5.74, 6) is -0.839. The topological polar surface area (TPSA) is 217 Å². The van der Waals surface area contributed by atoms with Crippen LogP contribution in [-0.4, -0.2) is 73.8 Å². The summed E-state index contributed by atoms with van der Waals surface area (Å²) in [5.41, 5.74) is 3.68. The van der Waals surface area contributed by atoms with E-state index in [-0.39, 0.29) is 178 Å². The molecule has 21 heteroatoms. The van der Waals surface area contributed by atoms with Crippen molar-refractivity contribution in [3.8, 4) is 0 Å². The summed E-state index contributed by atoms with van der Waals surface area (Å²) in [6.45, 7) is 8.72. The van der Waals surface area contributed by atoms with Crippen LogP contribution in [0.25, 0.3) is 0 Å². The number of nitrogens with zero attached hydrogens (tertiary/aromatic N) is 2. The van der Waals surface area contributed by atoms with E-state index in [1.54, 1.807) is 18.2 Å². The first-order valence-electron chi connectivity index (χ1n) is 16.6. The van der Waals surface area contributed by atoms with Crippen LogP contribution in [0.2, 0.25) is 0 Å². The average Bonchev–Trinajstić information content (AvgIpc) is 3.39. The van der Waals surface area contributed by atoms with E-state index in [2.05, 4.69) is 13.9 Å². The molecule has 0 bridgehead atoms. The van der Waals surface area contributed by atoms with Gasteiger partial charge in [0, 0.05) is 58.1 Å². The molecule has 0 saturated carbocycles. The van der Waals surface area contributed by atoms with E-state index in [1.807, 2.05) is 81.2 Å². The summed E-state index contributed by atoms with van der Waals surface area (Å²) in [6, 6.07) is 9.75. The third kappa shape index (κ3) is 15.5. The number of rotatable bonds is 18. The Morgan fingerprint density at radius 2 is 1.45 bits per heavy atom. The molecule has 0 saturated heterocycles. The van der Waals surface area contributed by atoms with E-state index in [1.165, 1.54) is 12.1 Å². The monoisotopic (exact) mass is 927 g/mol. The normalized spacial score (nSPS) is 17.0. The van der Waals surface area contributed by atoms with Crippen LogP contribution < -0.4 is 164 Å². The molecule has 2 aromatic carbocycles. The molecule has 0 aliphatic carbocycles. The van der Waals surface area contributed by atoms with Crippen LogP contribution >= 0.6 is 12.0 Å². The molecule has 0 fully saturated rings. The van der Waals surface area contributed by atoms with Crippen LogP contribution in [0.15, 0.2) is 94.4 Å². The van der Waals surface area contributed by atoms with Crippen molar-refractivity contribution < 1.29 is 212 Å². The second-order valence-corrected chi connectivity index (χ2v) is 18.9. The molecule has 2 heterocycles. The van der Waals surface area contributed by atoms with Gasteiger partial charge in [0.25, 0.3) is 10.1 Å². The summed E-state index contributed by atoms with van der Waals surface area (Å²) in [7, 11) is -13.2. The van der Waals surface area contributed by atoms with E-state index < -0.39 is 46.9 Å². The minimum atomic E-state index is -4.70. The van der Waals surface area contributed by atoms with Gasteiger partial charge in [-0.3, -0.25) is 9.59 Å². The van der Waals surface area contributed by atoms with Crippen LogP contribution in [0.5, 0.6) is 0 Å². The van der Waals surface area contributed by atoms with Crippen LogP contribution in [0, 0.1) is 0 Å². The van der Waals surface area contributed by atoms with Gasteiger partial charge in [-0.2, -0.15) is 17.3 Å². The van der Waals surface area contributed by atoms with Gasteiger partial charge >= 0.3 is 154 Å². The molecule has 4 rings (SSSR count). The van der Waals surface area contributed by atoms with Crippen molar-refractivity contribution >= 4 is 59.5 Å². The molecule has 0 amide bonds. The molecule has 2 aromatic rings. The molecule has 2 aliphatic heterocycles. The van der Waals surface area contributed by atoms with Crippen molar-refractivity contribution in [2.45, 2.75) is 74.0 Å². The Balaban J connectivity index is 0.00000523. The number of allylic oxidation sites excluding steroid dienone is 8. The third-order valence-corrected chi connectivity index (χ3v) is 12.2. The smallest absolute Gasteiger partial charge is 0.748 e. The zero-order chi connectivity index (χ0) is 39.2. The van der Waals surface area contributed by atoms with Crippen molar-refractivity contribution in [3.05, 3.63) is 95.8 Å². The van der Waals surface area contributed by atoms with E-state index in [9.17, 15) is 44.2 Å². The van der Waals surface area contributed by atoms with Crippen LogP contribution in [0.1, 0.15) is 64.5 Å². The van der Waals surface area contributed by atoms with Crippen molar-refractivity contribution in [1.82, 2.24) is 0 Å². The first kappa shape index (κ1) is 55.8. The number of unbranched alkanes of at least 4 members (excludes halogenated alkanes) is 2. The zero-order valence-electron chi connectivity index (χ0n) is 32.6. The largest absolute Gasteiger partial charge is 1.00 e. The molecule has 0 aromatic heterocycles. The average molecular weight is 928 g/mol. The van der Waals surface area contributed by atoms with E-state index in [4.69, 9.17) is 0 Å². The molecule has 0 atom stereocenters. The third-order valence-electron chi connectivity index (χ3n) is 9.19. The SMILES string of the molecule is CC1(C)C(/C=C/C=C/C=C/C=C2/N(CCCCS(=O)(=O)[O-])c3ccc(S(=O)(=O)[O-])cc3C2(C)C)=[N+](CCCCS(=O)(=O)O)c2ccc(SOO[O-])cc21.[K+].[K+].[K+]. The summed E-state index contributed by atoms with van der Waals surface area (Å²) in [6.07, 6.45) is 14.2.